The van der Waals surface area contributed by atoms with Crippen molar-refractivity contribution in [2.75, 3.05) is 13.1 Å². The first-order chi connectivity index (χ1) is 10.8. The predicted molar refractivity (Wildman–Crippen MR) is 82.1 cm³/mol. The van der Waals surface area contributed by atoms with Crippen LogP contribution in [0.4, 0.5) is 4.79 Å². The van der Waals surface area contributed by atoms with Gasteiger partial charge in [-0.1, -0.05) is 35.5 Å². The molecule has 1 aliphatic rings. The minimum atomic E-state index is -0.134. The van der Waals surface area contributed by atoms with Crippen molar-refractivity contribution in [1.82, 2.24) is 20.4 Å². The third-order valence-electron chi connectivity index (χ3n) is 3.85. The van der Waals surface area contributed by atoms with Gasteiger partial charge in [-0.15, -0.1) is 0 Å². The molecule has 6 nitrogen and oxygen atoms in total. The van der Waals surface area contributed by atoms with Crippen molar-refractivity contribution in [3.63, 3.8) is 0 Å². The number of hydrogen-bond donors (Lipinski definition) is 1. The van der Waals surface area contributed by atoms with Crippen molar-refractivity contribution in [3.8, 4) is 11.4 Å². The van der Waals surface area contributed by atoms with Gasteiger partial charge in [-0.05, 0) is 26.2 Å². The number of rotatable bonds is 3. The second kappa shape index (κ2) is 6.60. The van der Waals surface area contributed by atoms with E-state index in [9.17, 15) is 4.79 Å². The fourth-order valence-electron chi connectivity index (χ4n) is 2.76. The van der Waals surface area contributed by atoms with E-state index in [0.29, 0.717) is 18.3 Å². The third kappa shape index (κ3) is 2.95. The maximum atomic E-state index is 12.2. The Balaban J connectivity index is 1.82. The summed E-state index contributed by atoms with van der Waals surface area (Å²) in [6.07, 6.45) is 2.92. The van der Waals surface area contributed by atoms with E-state index in [0.717, 1.165) is 31.4 Å². The molecule has 0 unspecified atom stereocenters. The molecule has 1 atom stereocenters. The lowest BCUT2D eigenvalue weighted by Crippen LogP contribution is -2.44. The first-order valence-corrected chi connectivity index (χ1v) is 7.73. The molecule has 116 valence electrons. The molecule has 0 bridgehead atoms. The number of benzene rings is 1. The molecule has 1 aromatic carbocycles. The summed E-state index contributed by atoms with van der Waals surface area (Å²) in [6, 6.07) is 9.51. The van der Waals surface area contributed by atoms with Crippen molar-refractivity contribution >= 4 is 6.03 Å². The van der Waals surface area contributed by atoms with E-state index in [1.165, 1.54) is 0 Å². The van der Waals surface area contributed by atoms with Gasteiger partial charge in [0.2, 0.25) is 11.7 Å². The molecular formula is C16H20N4O2. The number of piperidine rings is 1. The highest BCUT2D eigenvalue weighted by Gasteiger charge is 2.32. The van der Waals surface area contributed by atoms with Crippen molar-refractivity contribution < 1.29 is 9.32 Å². The van der Waals surface area contributed by atoms with E-state index in [2.05, 4.69) is 15.5 Å². The van der Waals surface area contributed by atoms with Gasteiger partial charge in [0, 0.05) is 18.7 Å². The summed E-state index contributed by atoms with van der Waals surface area (Å²) in [6.45, 7) is 3.25. The largest absolute Gasteiger partial charge is 0.338 e. The van der Waals surface area contributed by atoms with Crippen LogP contribution >= 0.6 is 0 Å². The zero-order chi connectivity index (χ0) is 15.4. The Hall–Kier alpha value is -2.37. The molecule has 1 aromatic heterocycles. The standard InChI is InChI=1S/C16H20N4O2/c1-2-17-16(21)20-11-7-6-10-13(20)15-18-14(19-22-15)12-8-4-3-5-9-12/h3-5,8-9,13H,2,6-7,10-11H2,1H3,(H,17,21)/t13-/m1/s1. The van der Waals surface area contributed by atoms with Crippen molar-refractivity contribution in [2.24, 2.45) is 0 Å². The van der Waals surface area contributed by atoms with Crippen LogP contribution in [0.5, 0.6) is 0 Å². The average Bonchev–Trinajstić information content (AvgIpc) is 3.06. The van der Waals surface area contributed by atoms with E-state index in [-0.39, 0.29) is 12.1 Å². The molecule has 1 fully saturated rings. The summed E-state index contributed by atoms with van der Waals surface area (Å²) < 4.78 is 5.43. The summed E-state index contributed by atoms with van der Waals surface area (Å²) in [5.41, 5.74) is 0.915. The summed E-state index contributed by atoms with van der Waals surface area (Å²) in [5.74, 6) is 1.09. The van der Waals surface area contributed by atoms with Crippen LogP contribution in [0.15, 0.2) is 34.9 Å². The van der Waals surface area contributed by atoms with Crippen LogP contribution in [0.1, 0.15) is 38.1 Å². The number of carbonyl (C=O) groups is 1. The molecule has 0 aliphatic carbocycles. The quantitative estimate of drug-likeness (QED) is 0.946. The molecule has 22 heavy (non-hydrogen) atoms. The van der Waals surface area contributed by atoms with E-state index < -0.39 is 0 Å². The molecule has 0 radical (unpaired) electrons. The number of carbonyl (C=O) groups excluding carboxylic acids is 1. The van der Waals surface area contributed by atoms with Crippen molar-refractivity contribution in [2.45, 2.75) is 32.2 Å². The van der Waals surface area contributed by atoms with Gasteiger partial charge in [0.25, 0.3) is 0 Å². The van der Waals surface area contributed by atoms with Gasteiger partial charge < -0.3 is 14.7 Å². The van der Waals surface area contributed by atoms with Crippen molar-refractivity contribution in [3.05, 3.63) is 36.2 Å². The molecule has 1 aliphatic heterocycles. The average molecular weight is 300 g/mol. The van der Waals surface area contributed by atoms with Crippen molar-refractivity contribution in [1.29, 1.82) is 0 Å². The Bertz CT molecular complexity index is 626. The molecule has 0 spiro atoms. The predicted octanol–water partition coefficient (Wildman–Crippen LogP) is 2.99. The topological polar surface area (TPSA) is 71.3 Å². The van der Waals surface area contributed by atoms with Gasteiger partial charge in [-0.3, -0.25) is 0 Å². The molecule has 2 amide bonds. The molecule has 2 aromatic rings. The Morgan fingerprint density at radius 2 is 2.18 bits per heavy atom. The minimum Gasteiger partial charge on any atom is -0.338 e. The first kappa shape index (κ1) is 14.6. The van der Waals surface area contributed by atoms with Gasteiger partial charge in [-0.2, -0.15) is 4.98 Å². The lowest BCUT2D eigenvalue weighted by molar-refractivity contribution is 0.132. The summed E-state index contributed by atoms with van der Waals surface area (Å²) >= 11 is 0. The van der Waals surface area contributed by atoms with Crippen LogP contribution in [0.25, 0.3) is 11.4 Å². The minimum absolute atomic E-state index is 0.0633. The number of urea groups is 1. The fraction of sp³-hybridized carbons (Fsp3) is 0.438. The number of amides is 2. The molecule has 1 N–H and O–H groups in total. The summed E-state index contributed by atoms with van der Waals surface area (Å²) in [5, 5.41) is 6.91. The maximum absolute atomic E-state index is 12.2. The molecule has 6 heteroatoms. The Morgan fingerprint density at radius 3 is 2.95 bits per heavy atom. The smallest absolute Gasteiger partial charge is 0.318 e. The Kier molecular flexibility index (Phi) is 4.37. The van der Waals surface area contributed by atoms with Gasteiger partial charge in [0.05, 0.1) is 0 Å². The SMILES string of the molecule is CCNC(=O)N1CCCC[C@@H]1c1nc(-c2ccccc2)no1. The number of likely N-dealkylation sites (tertiary alicyclic amines) is 1. The highest BCUT2D eigenvalue weighted by molar-refractivity contribution is 5.74. The monoisotopic (exact) mass is 300 g/mol. The van der Waals surface area contributed by atoms with Gasteiger partial charge in [0.1, 0.15) is 6.04 Å². The number of nitrogens with zero attached hydrogens (tertiary/aromatic N) is 3. The van der Waals surface area contributed by atoms with Gasteiger partial charge >= 0.3 is 6.03 Å². The van der Waals surface area contributed by atoms with E-state index in [4.69, 9.17) is 4.52 Å². The maximum Gasteiger partial charge on any atom is 0.318 e. The third-order valence-corrected chi connectivity index (χ3v) is 3.85. The van der Waals surface area contributed by atoms with E-state index >= 15 is 0 Å². The van der Waals surface area contributed by atoms with Crippen LogP contribution in [0.2, 0.25) is 0 Å². The second-order valence-corrected chi connectivity index (χ2v) is 5.36. The highest BCUT2D eigenvalue weighted by atomic mass is 16.5. The fourth-order valence-corrected chi connectivity index (χ4v) is 2.76. The normalized spacial score (nSPS) is 18.2. The lowest BCUT2D eigenvalue weighted by Gasteiger charge is -2.33. The van der Waals surface area contributed by atoms with Crippen LogP contribution in [0.3, 0.4) is 0 Å². The molecule has 0 saturated carbocycles. The summed E-state index contributed by atoms with van der Waals surface area (Å²) in [4.78, 5) is 18.5. The first-order valence-electron chi connectivity index (χ1n) is 7.73. The van der Waals surface area contributed by atoms with Crippen LogP contribution in [-0.4, -0.2) is 34.2 Å². The Labute approximate surface area is 129 Å². The zero-order valence-corrected chi connectivity index (χ0v) is 12.7. The van der Waals surface area contributed by atoms with Crippen LogP contribution in [0, 0.1) is 0 Å². The molecular weight excluding hydrogens is 280 g/mol. The Morgan fingerprint density at radius 1 is 1.36 bits per heavy atom. The van der Waals surface area contributed by atoms with E-state index in [1.54, 1.807) is 4.90 Å². The van der Waals surface area contributed by atoms with Gasteiger partial charge in [-0.25, -0.2) is 4.79 Å². The van der Waals surface area contributed by atoms with Crippen LogP contribution in [-0.2, 0) is 0 Å². The zero-order valence-electron chi connectivity index (χ0n) is 12.7. The number of nitrogens with one attached hydrogen (secondary N) is 1. The second-order valence-electron chi connectivity index (χ2n) is 5.36. The molecule has 3 rings (SSSR count). The summed E-state index contributed by atoms with van der Waals surface area (Å²) in [7, 11) is 0. The van der Waals surface area contributed by atoms with Gasteiger partial charge in [0.15, 0.2) is 0 Å². The van der Waals surface area contributed by atoms with Crippen LogP contribution < -0.4 is 5.32 Å². The highest BCUT2D eigenvalue weighted by Crippen LogP contribution is 2.31. The van der Waals surface area contributed by atoms with E-state index in [1.807, 2.05) is 37.3 Å². The lowest BCUT2D eigenvalue weighted by atomic mass is 10.0. The molecule has 2 heterocycles. The number of hydrogen-bond acceptors (Lipinski definition) is 4. The molecule has 1 saturated heterocycles. The number of aromatic nitrogens is 2.